The van der Waals surface area contributed by atoms with Gasteiger partial charge in [0.25, 0.3) is 0 Å². The van der Waals surface area contributed by atoms with Crippen LogP contribution >= 0.6 is 50.5 Å². The Morgan fingerprint density at radius 3 is 2.53 bits per heavy atom. The highest BCUT2D eigenvalue weighted by molar-refractivity contribution is 9.10. The van der Waals surface area contributed by atoms with E-state index in [1.54, 1.807) is 23.5 Å². The van der Waals surface area contributed by atoms with Gasteiger partial charge in [-0.3, -0.25) is 0 Å². The summed E-state index contributed by atoms with van der Waals surface area (Å²) in [7, 11) is 0. The van der Waals surface area contributed by atoms with E-state index in [1.807, 2.05) is 25.1 Å². The molecule has 0 atom stereocenters. The van der Waals surface area contributed by atoms with Gasteiger partial charge in [0.15, 0.2) is 11.5 Å². The van der Waals surface area contributed by atoms with Gasteiger partial charge in [-0.1, -0.05) is 35.3 Å². The van der Waals surface area contributed by atoms with Gasteiger partial charge in [0.05, 0.1) is 21.3 Å². The Morgan fingerprint density at radius 2 is 1.76 bits per heavy atom. The number of fused-ring (bicyclic) bond motifs is 1. The van der Waals surface area contributed by atoms with Crippen LogP contribution in [0.3, 0.4) is 0 Å². The van der Waals surface area contributed by atoms with E-state index in [9.17, 15) is 0 Å². The lowest BCUT2D eigenvalue weighted by atomic mass is 10.1. The summed E-state index contributed by atoms with van der Waals surface area (Å²) in [6, 6.07) is 24.1. The number of aromatic nitrogens is 1. The van der Waals surface area contributed by atoms with Crippen LogP contribution in [0.15, 0.2) is 77.3 Å². The van der Waals surface area contributed by atoms with Gasteiger partial charge in [-0.25, -0.2) is 4.98 Å². The Bertz CT molecular complexity index is 1590. The normalized spacial score (nSPS) is 11.1. The molecule has 0 aliphatic heterocycles. The second-order valence-electron chi connectivity index (χ2n) is 8.78. The van der Waals surface area contributed by atoms with Crippen LogP contribution in [0.25, 0.3) is 20.8 Å². The third kappa shape index (κ3) is 6.26. The Hall–Kier alpha value is -2.77. The fourth-order valence-electron chi connectivity index (χ4n) is 4.01. The van der Waals surface area contributed by atoms with Crippen molar-refractivity contribution < 1.29 is 9.47 Å². The molecule has 1 aromatic heterocycles. The third-order valence-electron chi connectivity index (χ3n) is 5.93. The lowest BCUT2D eigenvalue weighted by Gasteiger charge is -2.16. The van der Waals surface area contributed by atoms with Gasteiger partial charge in [-0.2, -0.15) is 0 Å². The number of halogens is 3. The molecule has 1 N–H and O–H groups in total. The maximum absolute atomic E-state index is 6.31. The van der Waals surface area contributed by atoms with Crippen LogP contribution in [0.5, 0.6) is 11.5 Å². The monoisotopic (exact) mass is 626 g/mol. The van der Waals surface area contributed by atoms with Crippen LogP contribution in [0, 0.1) is 6.92 Å². The lowest BCUT2D eigenvalue weighted by Crippen LogP contribution is -2.04. The quantitative estimate of drug-likeness (QED) is 0.177. The molecule has 5 aromatic rings. The first-order chi connectivity index (χ1) is 18.4. The predicted molar refractivity (Wildman–Crippen MR) is 163 cm³/mol. The number of hydrogen-bond acceptors (Lipinski definition) is 5. The third-order valence-corrected chi connectivity index (χ3v) is 8.17. The molecule has 194 valence electrons. The zero-order valence-corrected chi connectivity index (χ0v) is 24.8. The number of thiazole rings is 1. The van der Waals surface area contributed by atoms with Crippen molar-refractivity contribution in [3.63, 3.8) is 0 Å². The minimum Gasteiger partial charge on any atom is -0.490 e. The average molecular weight is 628 g/mol. The molecule has 0 amide bonds. The van der Waals surface area contributed by atoms with Crippen molar-refractivity contribution >= 4 is 66.4 Å². The van der Waals surface area contributed by atoms with Crippen molar-refractivity contribution in [2.24, 2.45) is 0 Å². The van der Waals surface area contributed by atoms with E-state index in [0.717, 1.165) is 37.4 Å². The molecule has 1 heterocycles. The summed E-state index contributed by atoms with van der Waals surface area (Å²) in [6.07, 6.45) is 0. The van der Waals surface area contributed by atoms with Gasteiger partial charge >= 0.3 is 0 Å². The molecule has 5 rings (SSSR count). The number of benzene rings is 4. The Morgan fingerprint density at radius 1 is 0.947 bits per heavy atom. The van der Waals surface area contributed by atoms with E-state index in [0.29, 0.717) is 41.3 Å². The summed E-state index contributed by atoms with van der Waals surface area (Å²) >= 11 is 17.7. The second-order valence-corrected chi connectivity index (χ2v) is 11.5. The van der Waals surface area contributed by atoms with Gasteiger partial charge < -0.3 is 14.8 Å². The number of nitrogens with zero attached hydrogens (tertiary/aromatic N) is 1. The van der Waals surface area contributed by atoms with Crippen molar-refractivity contribution in [1.29, 1.82) is 0 Å². The van der Waals surface area contributed by atoms with Crippen LogP contribution in [0.2, 0.25) is 10.0 Å². The Kier molecular flexibility index (Phi) is 8.44. The van der Waals surface area contributed by atoms with E-state index in [1.165, 1.54) is 10.3 Å². The van der Waals surface area contributed by atoms with Gasteiger partial charge in [-0.05, 0) is 102 Å². The van der Waals surface area contributed by atoms with Crippen molar-refractivity contribution in [1.82, 2.24) is 4.98 Å². The van der Waals surface area contributed by atoms with Crippen LogP contribution in [-0.2, 0) is 13.2 Å². The Balaban J connectivity index is 1.27. The molecule has 0 saturated carbocycles. The summed E-state index contributed by atoms with van der Waals surface area (Å²) in [6.45, 7) is 5.50. The SMILES string of the molecule is CCOc1cc(CNc2ccc(-c3nc4ccc(C)cc4s3)cc2)cc(Br)c1OCc1ccc(Cl)cc1Cl. The molecule has 4 aromatic carbocycles. The molecule has 0 aliphatic carbocycles. The number of anilines is 1. The predicted octanol–water partition coefficient (Wildman–Crippen LogP) is 9.93. The highest BCUT2D eigenvalue weighted by Gasteiger charge is 2.14. The molecule has 0 fully saturated rings. The molecule has 0 radical (unpaired) electrons. The zero-order chi connectivity index (χ0) is 26.6. The molecule has 0 bridgehead atoms. The summed E-state index contributed by atoms with van der Waals surface area (Å²) < 4.78 is 14.0. The number of nitrogens with one attached hydrogen (secondary N) is 1. The standard InChI is InChI=1S/C30H25BrCl2N2O2S/c1-3-36-27-14-19(13-24(31)29(27)37-17-21-5-8-22(32)15-25(21)33)16-34-23-9-6-20(7-10-23)30-35-26-11-4-18(2)12-28(26)38-30/h4-15,34H,3,16-17H2,1-2H3. The van der Waals surface area contributed by atoms with Crippen molar-refractivity contribution in [3.8, 4) is 22.1 Å². The van der Waals surface area contributed by atoms with Crippen molar-refractivity contribution in [3.05, 3.63) is 104 Å². The topological polar surface area (TPSA) is 43.4 Å². The van der Waals surface area contributed by atoms with Crippen LogP contribution in [0.4, 0.5) is 5.69 Å². The second kappa shape index (κ2) is 12.0. The minimum absolute atomic E-state index is 0.298. The highest BCUT2D eigenvalue weighted by atomic mass is 79.9. The summed E-state index contributed by atoms with van der Waals surface area (Å²) in [5.74, 6) is 1.31. The zero-order valence-electron chi connectivity index (χ0n) is 20.9. The number of rotatable bonds is 9. The molecule has 0 saturated heterocycles. The molecule has 0 aliphatic rings. The maximum Gasteiger partial charge on any atom is 0.175 e. The molecule has 8 heteroatoms. The van der Waals surface area contributed by atoms with Gasteiger partial charge in [0.2, 0.25) is 0 Å². The largest absolute Gasteiger partial charge is 0.490 e. The fourth-order valence-corrected chi connectivity index (χ4v) is 6.14. The average Bonchev–Trinajstić information content (AvgIpc) is 3.32. The van der Waals surface area contributed by atoms with Crippen LogP contribution in [0.1, 0.15) is 23.6 Å². The first-order valence-electron chi connectivity index (χ1n) is 12.1. The van der Waals surface area contributed by atoms with Gasteiger partial charge in [0, 0.05) is 33.4 Å². The van der Waals surface area contributed by atoms with Crippen molar-refractivity contribution in [2.45, 2.75) is 27.0 Å². The van der Waals surface area contributed by atoms with Crippen LogP contribution < -0.4 is 14.8 Å². The minimum atomic E-state index is 0.298. The van der Waals surface area contributed by atoms with Gasteiger partial charge in [0.1, 0.15) is 11.6 Å². The van der Waals surface area contributed by atoms with E-state index in [-0.39, 0.29) is 0 Å². The first kappa shape index (κ1) is 26.8. The smallest absolute Gasteiger partial charge is 0.175 e. The summed E-state index contributed by atoms with van der Waals surface area (Å²) in [4.78, 5) is 4.79. The molecular formula is C30H25BrCl2N2O2S. The molecule has 0 spiro atoms. The summed E-state index contributed by atoms with van der Waals surface area (Å²) in [5.41, 5.74) is 6.33. The molecule has 0 unspecified atom stereocenters. The van der Waals surface area contributed by atoms with Crippen LogP contribution in [-0.4, -0.2) is 11.6 Å². The molecular weight excluding hydrogens is 603 g/mol. The van der Waals surface area contributed by atoms with Gasteiger partial charge in [-0.15, -0.1) is 11.3 Å². The lowest BCUT2D eigenvalue weighted by molar-refractivity contribution is 0.267. The number of hydrogen-bond donors (Lipinski definition) is 1. The number of ether oxygens (including phenoxy) is 2. The van der Waals surface area contributed by atoms with E-state index in [4.69, 9.17) is 37.7 Å². The van der Waals surface area contributed by atoms with E-state index < -0.39 is 0 Å². The van der Waals surface area contributed by atoms with Crippen molar-refractivity contribution in [2.75, 3.05) is 11.9 Å². The molecule has 38 heavy (non-hydrogen) atoms. The first-order valence-corrected chi connectivity index (χ1v) is 14.5. The van der Waals surface area contributed by atoms with E-state index in [2.05, 4.69) is 70.6 Å². The fraction of sp³-hybridized carbons (Fsp3) is 0.167. The Labute approximate surface area is 244 Å². The maximum atomic E-state index is 6.31. The molecule has 4 nitrogen and oxygen atoms in total. The highest BCUT2D eigenvalue weighted by Crippen LogP contribution is 2.38. The van der Waals surface area contributed by atoms with E-state index >= 15 is 0 Å². The number of aryl methyl sites for hydroxylation is 1. The summed E-state index contributed by atoms with van der Waals surface area (Å²) in [5, 5.41) is 5.68.